The van der Waals surface area contributed by atoms with E-state index in [2.05, 4.69) is 21.1 Å². The van der Waals surface area contributed by atoms with Crippen LogP contribution in [0.25, 0.3) is 0 Å². The molecule has 1 aliphatic heterocycles. The molecular formula is C12H17N3O2S. The highest BCUT2D eigenvalue weighted by Gasteiger charge is 2.23. The molecule has 5 nitrogen and oxygen atoms in total. The van der Waals surface area contributed by atoms with Gasteiger partial charge in [-0.05, 0) is 26.0 Å². The summed E-state index contributed by atoms with van der Waals surface area (Å²) in [6.07, 6.45) is 5.67. The Morgan fingerprint density at radius 2 is 2.17 bits per heavy atom. The number of anilines is 1. The summed E-state index contributed by atoms with van der Waals surface area (Å²) in [4.78, 5) is 21.5. The van der Waals surface area contributed by atoms with Crippen LogP contribution in [0.1, 0.15) is 29.0 Å². The molecule has 1 aliphatic rings. The van der Waals surface area contributed by atoms with Crippen LogP contribution in [0.2, 0.25) is 0 Å². The van der Waals surface area contributed by atoms with Crippen molar-refractivity contribution in [1.29, 1.82) is 0 Å². The Bertz CT molecular complexity index is 445. The van der Waals surface area contributed by atoms with E-state index >= 15 is 0 Å². The molecule has 2 rings (SSSR count). The zero-order valence-electron chi connectivity index (χ0n) is 10.6. The molecule has 0 spiro atoms. The van der Waals surface area contributed by atoms with Gasteiger partial charge in [0.2, 0.25) is 0 Å². The molecule has 0 amide bonds. The minimum absolute atomic E-state index is 0.197. The number of piperidine rings is 1. The minimum Gasteiger partial charge on any atom is -0.477 e. The molecule has 18 heavy (non-hydrogen) atoms. The number of aromatic carboxylic acids is 1. The zero-order chi connectivity index (χ0) is 13.1. The van der Waals surface area contributed by atoms with Crippen molar-refractivity contribution >= 4 is 23.5 Å². The van der Waals surface area contributed by atoms with Gasteiger partial charge in [-0.3, -0.25) is 0 Å². The highest BCUT2D eigenvalue weighted by molar-refractivity contribution is 7.99. The molecular weight excluding hydrogens is 250 g/mol. The number of nitrogens with zero attached hydrogens (tertiary/aromatic N) is 3. The summed E-state index contributed by atoms with van der Waals surface area (Å²) in [7, 11) is 0. The lowest BCUT2D eigenvalue weighted by molar-refractivity contribution is 0.0696. The van der Waals surface area contributed by atoms with Crippen LogP contribution in [0, 0.1) is 6.92 Å². The van der Waals surface area contributed by atoms with Crippen molar-refractivity contribution in [1.82, 2.24) is 9.97 Å². The summed E-state index contributed by atoms with van der Waals surface area (Å²) in [5, 5.41) is 9.85. The van der Waals surface area contributed by atoms with Gasteiger partial charge >= 0.3 is 5.97 Å². The maximum atomic E-state index is 11.2. The van der Waals surface area contributed by atoms with E-state index in [0.717, 1.165) is 25.9 Å². The Morgan fingerprint density at radius 3 is 2.72 bits per heavy atom. The molecule has 0 unspecified atom stereocenters. The molecule has 0 atom stereocenters. The van der Waals surface area contributed by atoms with Gasteiger partial charge in [0.05, 0.1) is 0 Å². The third-order valence-corrected chi connectivity index (χ3v) is 4.33. The van der Waals surface area contributed by atoms with Crippen LogP contribution < -0.4 is 4.90 Å². The van der Waals surface area contributed by atoms with Gasteiger partial charge in [0.15, 0.2) is 0 Å². The van der Waals surface area contributed by atoms with Gasteiger partial charge < -0.3 is 10.0 Å². The van der Waals surface area contributed by atoms with Gasteiger partial charge in [0.25, 0.3) is 0 Å². The fraction of sp³-hybridized carbons (Fsp3) is 0.583. The first-order valence-corrected chi connectivity index (χ1v) is 7.25. The van der Waals surface area contributed by atoms with E-state index in [-0.39, 0.29) is 5.56 Å². The molecule has 1 saturated heterocycles. The number of aryl methyl sites for hydroxylation is 1. The van der Waals surface area contributed by atoms with Crippen molar-refractivity contribution in [3.8, 4) is 0 Å². The second kappa shape index (κ2) is 5.56. The Labute approximate surface area is 111 Å². The first-order chi connectivity index (χ1) is 8.61. The molecule has 0 bridgehead atoms. The Morgan fingerprint density at radius 1 is 1.50 bits per heavy atom. The van der Waals surface area contributed by atoms with Gasteiger partial charge in [0, 0.05) is 24.5 Å². The second-order valence-corrected chi connectivity index (χ2v) is 5.52. The van der Waals surface area contributed by atoms with Gasteiger partial charge in [-0.15, -0.1) is 0 Å². The minimum atomic E-state index is -0.961. The van der Waals surface area contributed by atoms with Crippen molar-refractivity contribution in [2.75, 3.05) is 24.2 Å². The van der Waals surface area contributed by atoms with Crippen molar-refractivity contribution in [2.45, 2.75) is 25.0 Å². The largest absolute Gasteiger partial charge is 0.477 e. The fourth-order valence-electron chi connectivity index (χ4n) is 2.15. The molecule has 1 fully saturated rings. The molecule has 98 valence electrons. The standard InChI is InChI=1S/C12H17N3O2S/c1-8-13-7-10(12(16)17)11(14-8)15-5-3-9(18-2)4-6-15/h7,9H,3-6H2,1-2H3,(H,16,17). The number of hydrogen-bond acceptors (Lipinski definition) is 5. The number of rotatable bonds is 3. The smallest absolute Gasteiger partial charge is 0.341 e. The molecule has 0 aromatic carbocycles. The molecule has 6 heteroatoms. The SMILES string of the molecule is CSC1CCN(c2nc(C)ncc2C(=O)O)CC1. The van der Waals surface area contributed by atoms with E-state index in [1.165, 1.54) is 6.20 Å². The lowest BCUT2D eigenvalue weighted by Gasteiger charge is -2.32. The van der Waals surface area contributed by atoms with E-state index in [1.807, 2.05) is 11.8 Å². The first-order valence-electron chi connectivity index (χ1n) is 5.96. The number of carboxylic acid groups (broad SMARTS) is 1. The predicted molar refractivity (Wildman–Crippen MR) is 72.5 cm³/mol. The first kappa shape index (κ1) is 13.1. The summed E-state index contributed by atoms with van der Waals surface area (Å²) in [5.74, 6) is 0.216. The second-order valence-electron chi connectivity index (χ2n) is 4.38. The van der Waals surface area contributed by atoms with Crippen molar-refractivity contribution in [2.24, 2.45) is 0 Å². The van der Waals surface area contributed by atoms with Crippen LogP contribution in [0.4, 0.5) is 5.82 Å². The quantitative estimate of drug-likeness (QED) is 0.901. The number of thioether (sulfide) groups is 1. The molecule has 2 heterocycles. The van der Waals surface area contributed by atoms with E-state index in [4.69, 9.17) is 0 Å². The molecule has 0 saturated carbocycles. The normalized spacial score (nSPS) is 16.9. The van der Waals surface area contributed by atoms with Crippen LogP contribution in [0.3, 0.4) is 0 Å². The van der Waals surface area contributed by atoms with Gasteiger partial charge in [-0.2, -0.15) is 11.8 Å². The Balaban J connectivity index is 2.22. The van der Waals surface area contributed by atoms with Crippen LogP contribution >= 0.6 is 11.8 Å². The van der Waals surface area contributed by atoms with E-state index in [9.17, 15) is 9.90 Å². The van der Waals surface area contributed by atoms with Crippen LogP contribution in [0.15, 0.2) is 6.20 Å². The molecule has 0 aliphatic carbocycles. The molecule has 1 N–H and O–H groups in total. The number of aromatic nitrogens is 2. The van der Waals surface area contributed by atoms with Gasteiger partial charge in [0.1, 0.15) is 17.2 Å². The third-order valence-electron chi connectivity index (χ3n) is 3.19. The summed E-state index contributed by atoms with van der Waals surface area (Å²) in [5.41, 5.74) is 0.197. The molecule has 1 aromatic heterocycles. The van der Waals surface area contributed by atoms with Crippen molar-refractivity contribution < 1.29 is 9.90 Å². The van der Waals surface area contributed by atoms with Crippen molar-refractivity contribution in [3.05, 3.63) is 17.6 Å². The van der Waals surface area contributed by atoms with E-state index in [0.29, 0.717) is 16.9 Å². The summed E-state index contributed by atoms with van der Waals surface area (Å²) >= 11 is 1.88. The summed E-state index contributed by atoms with van der Waals surface area (Å²) < 4.78 is 0. The van der Waals surface area contributed by atoms with Crippen LogP contribution in [-0.4, -0.2) is 45.6 Å². The number of carbonyl (C=O) groups is 1. The monoisotopic (exact) mass is 267 g/mol. The topological polar surface area (TPSA) is 66.3 Å². The van der Waals surface area contributed by atoms with E-state index < -0.39 is 5.97 Å². The third kappa shape index (κ3) is 2.75. The lowest BCUT2D eigenvalue weighted by Crippen LogP contribution is -2.36. The average Bonchev–Trinajstić information content (AvgIpc) is 2.38. The molecule has 1 aromatic rings. The molecule has 0 radical (unpaired) electrons. The Kier molecular flexibility index (Phi) is 4.06. The van der Waals surface area contributed by atoms with Gasteiger partial charge in [-0.25, -0.2) is 14.8 Å². The van der Waals surface area contributed by atoms with E-state index in [1.54, 1.807) is 6.92 Å². The maximum absolute atomic E-state index is 11.2. The van der Waals surface area contributed by atoms with Gasteiger partial charge in [-0.1, -0.05) is 0 Å². The zero-order valence-corrected chi connectivity index (χ0v) is 11.4. The number of carboxylic acids is 1. The van der Waals surface area contributed by atoms with Crippen LogP contribution in [-0.2, 0) is 0 Å². The highest BCUT2D eigenvalue weighted by Crippen LogP contribution is 2.26. The average molecular weight is 267 g/mol. The van der Waals surface area contributed by atoms with Crippen molar-refractivity contribution in [3.63, 3.8) is 0 Å². The summed E-state index contributed by atoms with van der Waals surface area (Å²) in [6, 6.07) is 0. The highest BCUT2D eigenvalue weighted by atomic mass is 32.2. The maximum Gasteiger partial charge on any atom is 0.341 e. The number of hydrogen-bond donors (Lipinski definition) is 1. The van der Waals surface area contributed by atoms with Crippen LogP contribution in [0.5, 0.6) is 0 Å². The lowest BCUT2D eigenvalue weighted by atomic mass is 10.1. The Hall–Kier alpha value is -1.30. The predicted octanol–water partition coefficient (Wildman–Crippen LogP) is 1.82. The summed E-state index contributed by atoms with van der Waals surface area (Å²) in [6.45, 7) is 3.51. The fourth-order valence-corrected chi connectivity index (χ4v) is 2.84.